The van der Waals surface area contributed by atoms with Gasteiger partial charge in [0.25, 0.3) is 0 Å². The van der Waals surface area contributed by atoms with Crippen LogP contribution < -0.4 is 0 Å². The molecule has 25 heavy (non-hydrogen) atoms. The number of aryl methyl sites for hydroxylation is 1. The molecule has 3 rings (SSSR count). The number of rotatable bonds is 5. The largest absolute Gasteiger partial charge is 0.508 e. The fraction of sp³-hybridized carbons (Fsp3) is 0.429. The molecular weight excluding hydrogens is 316 g/mol. The van der Waals surface area contributed by atoms with Gasteiger partial charge in [-0.2, -0.15) is 0 Å². The van der Waals surface area contributed by atoms with Crippen LogP contribution in [0.5, 0.6) is 17.2 Å². The lowest BCUT2D eigenvalue weighted by Gasteiger charge is -2.32. The first-order valence-corrected chi connectivity index (χ1v) is 8.92. The number of aliphatic hydroxyl groups is 1. The molecule has 1 aliphatic carbocycles. The van der Waals surface area contributed by atoms with Crippen molar-refractivity contribution in [1.82, 2.24) is 0 Å². The molecule has 2 aromatic rings. The van der Waals surface area contributed by atoms with E-state index in [9.17, 15) is 20.4 Å². The summed E-state index contributed by atoms with van der Waals surface area (Å²) in [6.45, 7) is 4.05. The van der Waals surface area contributed by atoms with Gasteiger partial charge in [0.05, 0.1) is 5.60 Å². The third kappa shape index (κ3) is 3.19. The Labute approximate surface area is 148 Å². The molecule has 4 nitrogen and oxygen atoms in total. The Morgan fingerprint density at radius 3 is 2.40 bits per heavy atom. The van der Waals surface area contributed by atoms with Crippen molar-refractivity contribution >= 4 is 0 Å². The minimum Gasteiger partial charge on any atom is -0.508 e. The quantitative estimate of drug-likeness (QED) is 0.487. The summed E-state index contributed by atoms with van der Waals surface area (Å²) in [7, 11) is 0. The van der Waals surface area contributed by atoms with Crippen LogP contribution in [0.4, 0.5) is 0 Å². The van der Waals surface area contributed by atoms with Crippen LogP contribution in [0.3, 0.4) is 0 Å². The van der Waals surface area contributed by atoms with E-state index in [-0.39, 0.29) is 23.2 Å². The first kappa shape index (κ1) is 17.6. The van der Waals surface area contributed by atoms with Gasteiger partial charge in [-0.1, -0.05) is 32.3 Å². The van der Waals surface area contributed by atoms with E-state index in [2.05, 4.69) is 6.92 Å². The summed E-state index contributed by atoms with van der Waals surface area (Å²) in [6.07, 6.45) is 4.16. The molecular formula is C21H26O4. The zero-order valence-electron chi connectivity index (χ0n) is 14.8. The monoisotopic (exact) mass is 342 g/mol. The minimum atomic E-state index is -0.959. The number of fused-ring (bicyclic) bond motifs is 1. The Bertz CT molecular complexity index is 784. The third-order valence-electron chi connectivity index (χ3n) is 5.36. The Morgan fingerprint density at radius 1 is 1.00 bits per heavy atom. The van der Waals surface area contributed by atoms with Crippen molar-refractivity contribution < 1.29 is 20.4 Å². The lowest BCUT2D eigenvalue weighted by Crippen LogP contribution is -2.34. The normalized spacial score (nSPS) is 22.1. The van der Waals surface area contributed by atoms with Gasteiger partial charge in [0, 0.05) is 12.3 Å². The van der Waals surface area contributed by atoms with Crippen molar-refractivity contribution in [3.8, 4) is 17.2 Å². The van der Waals surface area contributed by atoms with Crippen LogP contribution in [-0.2, 0) is 6.42 Å². The summed E-state index contributed by atoms with van der Waals surface area (Å²) in [6, 6.07) is 8.30. The molecule has 4 N–H and O–H groups in total. The molecule has 2 atom stereocenters. The van der Waals surface area contributed by atoms with E-state index >= 15 is 0 Å². The highest BCUT2D eigenvalue weighted by atomic mass is 16.3. The molecule has 4 heteroatoms. The molecule has 0 fully saturated rings. The average molecular weight is 342 g/mol. The van der Waals surface area contributed by atoms with E-state index in [0.717, 1.165) is 41.5 Å². The summed E-state index contributed by atoms with van der Waals surface area (Å²) < 4.78 is 0. The van der Waals surface area contributed by atoms with Gasteiger partial charge < -0.3 is 20.4 Å². The first-order chi connectivity index (χ1) is 11.9. The van der Waals surface area contributed by atoms with Crippen LogP contribution in [0.2, 0.25) is 0 Å². The second-order valence-corrected chi connectivity index (χ2v) is 7.25. The number of phenolic OH excluding ortho intramolecular Hbond substituents is 3. The van der Waals surface area contributed by atoms with Crippen molar-refractivity contribution in [3.05, 3.63) is 52.6 Å². The van der Waals surface area contributed by atoms with Gasteiger partial charge in [-0.3, -0.25) is 0 Å². The van der Waals surface area contributed by atoms with E-state index in [1.807, 2.05) is 13.0 Å². The van der Waals surface area contributed by atoms with Crippen molar-refractivity contribution in [2.45, 2.75) is 57.5 Å². The fourth-order valence-electron chi connectivity index (χ4n) is 4.13. The summed E-state index contributed by atoms with van der Waals surface area (Å²) in [5, 5.41) is 41.1. The number of hydrogen-bond donors (Lipinski definition) is 4. The van der Waals surface area contributed by atoms with Crippen LogP contribution in [-0.4, -0.2) is 26.0 Å². The van der Waals surface area contributed by atoms with Crippen LogP contribution in [0, 0.1) is 6.92 Å². The van der Waals surface area contributed by atoms with Crippen molar-refractivity contribution in [3.63, 3.8) is 0 Å². The zero-order valence-corrected chi connectivity index (χ0v) is 14.8. The van der Waals surface area contributed by atoms with E-state index in [1.54, 1.807) is 24.3 Å². The smallest absolute Gasteiger partial charge is 0.157 e. The Balaban J connectivity index is 2.10. The number of phenols is 3. The van der Waals surface area contributed by atoms with Crippen molar-refractivity contribution in [2.75, 3.05) is 0 Å². The molecule has 2 aromatic carbocycles. The highest BCUT2D eigenvalue weighted by Gasteiger charge is 2.46. The Morgan fingerprint density at radius 2 is 1.72 bits per heavy atom. The van der Waals surface area contributed by atoms with Gasteiger partial charge in [-0.05, 0) is 59.9 Å². The van der Waals surface area contributed by atoms with Crippen LogP contribution >= 0.6 is 0 Å². The van der Waals surface area contributed by atoms with Gasteiger partial charge in [-0.15, -0.1) is 0 Å². The second kappa shape index (κ2) is 6.60. The predicted molar refractivity (Wildman–Crippen MR) is 97.3 cm³/mol. The lowest BCUT2D eigenvalue weighted by molar-refractivity contribution is 0.0238. The van der Waals surface area contributed by atoms with Crippen molar-refractivity contribution in [2.24, 2.45) is 0 Å². The van der Waals surface area contributed by atoms with Gasteiger partial charge in [0.1, 0.15) is 5.75 Å². The van der Waals surface area contributed by atoms with E-state index in [1.165, 1.54) is 0 Å². The van der Waals surface area contributed by atoms with Gasteiger partial charge >= 0.3 is 0 Å². The Kier molecular flexibility index (Phi) is 4.65. The fourth-order valence-corrected chi connectivity index (χ4v) is 4.13. The first-order valence-electron chi connectivity index (χ1n) is 8.92. The number of unbranched alkanes of at least 4 members (excludes halogenated alkanes) is 2. The molecule has 0 heterocycles. The zero-order chi connectivity index (χ0) is 18.2. The maximum absolute atomic E-state index is 11.5. The molecule has 0 aromatic heterocycles. The standard InChI is InChI=1S/C21H26O4/c1-3-4-5-8-21(25)12-14-10-18(23)19(24)11-17(14)20(21)16-7-6-15(22)9-13(16)2/h6-7,9-11,20,22-25H,3-5,8,12H2,1-2H3. The maximum atomic E-state index is 11.5. The maximum Gasteiger partial charge on any atom is 0.157 e. The van der Waals surface area contributed by atoms with Crippen LogP contribution in [0.15, 0.2) is 30.3 Å². The molecule has 0 amide bonds. The topological polar surface area (TPSA) is 80.9 Å². The summed E-state index contributed by atoms with van der Waals surface area (Å²) in [4.78, 5) is 0. The van der Waals surface area contributed by atoms with E-state index < -0.39 is 5.60 Å². The highest BCUT2D eigenvalue weighted by molar-refractivity contribution is 5.56. The second-order valence-electron chi connectivity index (χ2n) is 7.25. The molecule has 0 aliphatic heterocycles. The van der Waals surface area contributed by atoms with Gasteiger partial charge in [-0.25, -0.2) is 0 Å². The molecule has 0 bridgehead atoms. The van der Waals surface area contributed by atoms with Gasteiger partial charge in [0.2, 0.25) is 0 Å². The minimum absolute atomic E-state index is 0.155. The molecule has 0 spiro atoms. The molecule has 1 aliphatic rings. The summed E-state index contributed by atoms with van der Waals surface area (Å²) >= 11 is 0. The molecule has 2 unspecified atom stereocenters. The molecule has 134 valence electrons. The van der Waals surface area contributed by atoms with Crippen LogP contribution in [0.25, 0.3) is 0 Å². The highest BCUT2D eigenvalue weighted by Crippen LogP contribution is 2.51. The third-order valence-corrected chi connectivity index (χ3v) is 5.36. The lowest BCUT2D eigenvalue weighted by atomic mass is 9.77. The van der Waals surface area contributed by atoms with Crippen LogP contribution in [0.1, 0.15) is 60.8 Å². The predicted octanol–water partition coefficient (Wildman–Crippen LogP) is 4.11. The number of benzene rings is 2. The van der Waals surface area contributed by atoms with Gasteiger partial charge in [0.15, 0.2) is 11.5 Å². The van der Waals surface area contributed by atoms with E-state index in [0.29, 0.717) is 12.8 Å². The summed E-state index contributed by atoms with van der Waals surface area (Å²) in [5.41, 5.74) is 2.61. The van der Waals surface area contributed by atoms with E-state index in [4.69, 9.17) is 0 Å². The molecule has 0 saturated heterocycles. The molecule has 0 saturated carbocycles. The summed E-state index contributed by atoms with van der Waals surface area (Å²) in [5.74, 6) is -0.412. The number of hydrogen-bond acceptors (Lipinski definition) is 4. The Hall–Kier alpha value is -2.20. The average Bonchev–Trinajstić information content (AvgIpc) is 2.80. The SMILES string of the molecule is CCCCCC1(O)Cc2cc(O)c(O)cc2C1c1ccc(O)cc1C. The number of aromatic hydroxyl groups is 3. The van der Waals surface area contributed by atoms with Crippen molar-refractivity contribution in [1.29, 1.82) is 0 Å². The molecule has 0 radical (unpaired) electrons.